The van der Waals surface area contributed by atoms with Crippen molar-refractivity contribution >= 4 is 79.3 Å². The van der Waals surface area contributed by atoms with E-state index in [1.807, 2.05) is 24.3 Å². The summed E-state index contributed by atoms with van der Waals surface area (Å²) < 4.78 is 2.17. The summed E-state index contributed by atoms with van der Waals surface area (Å²) in [5.74, 6) is -0.0261. The zero-order valence-corrected chi connectivity index (χ0v) is 23.2. The molecule has 0 saturated carbocycles. The molecule has 5 N–H and O–H groups in total. The van der Waals surface area contributed by atoms with Crippen LogP contribution < -0.4 is 11.1 Å². The van der Waals surface area contributed by atoms with Crippen LogP contribution in [0.15, 0.2) is 97.1 Å². The molecule has 35 heavy (non-hydrogen) atoms. The van der Waals surface area contributed by atoms with Crippen molar-refractivity contribution in [3.8, 4) is 11.5 Å². The van der Waals surface area contributed by atoms with Gasteiger partial charge in [-0.05, 0) is 130 Å². The van der Waals surface area contributed by atoms with Gasteiger partial charge in [-0.2, -0.15) is 0 Å². The molecule has 0 atom stereocenters. The van der Waals surface area contributed by atoms with E-state index in [4.69, 9.17) is 22.4 Å². The van der Waals surface area contributed by atoms with Gasteiger partial charge in [0.05, 0.1) is 11.4 Å². The molecule has 0 unspecified atom stereocenters. The van der Waals surface area contributed by atoms with Gasteiger partial charge in [-0.15, -0.1) is 0 Å². The number of hydrogen-bond acceptors (Lipinski definition) is 5. The molecule has 0 aliphatic heterocycles. The summed E-state index contributed by atoms with van der Waals surface area (Å²) in [6, 6.07) is 27.7. The summed E-state index contributed by atoms with van der Waals surface area (Å²) in [4.78, 5) is 22.4. The number of nitrogens with one attached hydrogen (secondary N) is 1. The Bertz CT molecular complexity index is 1250. The first-order valence-corrected chi connectivity index (χ1v) is 12.5. The lowest BCUT2D eigenvalue weighted by molar-refractivity contribution is 0.102. The van der Waals surface area contributed by atoms with E-state index in [9.17, 15) is 14.7 Å². The lowest BCUT2D eigenvalue weighted by atomic mass is 10.2. The van der Waals surface area contributed by atoms with Gasteiger partial charge in [0.1, 0.15) is 11.5 Å². The van der Waals surface area contributed by atoms with Gasteiger partial charge in [-0.25, -0.2) is 0 Å². The molecule has 6 nitrogen and oxygen atoms in total. The maximum Gasteiger partial charge on any atom is 0.255 e. The highest BCUT2D eigenvalue weighted by atomic mass is 127. The average Bonchev–Trinajstić information content (AvgIpc) is 2.84. The van der Waals surface area contributed by atoms with E-state index in [0.717, 1.165) is 7.14 Å². The topological polar surface area (TPSA) is 113 Å². The highest BCUT2D eigenvalue weighted by molar-refractivity contribution is 14.1. The number of nitrogen functional groups attached to an aromatic ring is 1. The summed E-state index contributed by atoms with van der Waals surface area (Å²) in [6.07, 6.45) is 0. The molecule has 0 bridgehead atoms. The van der Waals surface area contributed by atoms with Crippen LogP contribution in [-0.4, -0.2) is 21.4 Å². The van der Waals surface area contributed by atoms with Crippen LogP contribution in [0.1, 0.15) is 20.7 Å². The van der Waals surface area contributed by atoms with Gasteiger partial charge in [0.2, 0.25) is 0 Å². The maximum absolute atomic E-state index is 11.9. The van der Waals surface area contributed by atoms with E-state index in [2.05, 4.69) is 50.5 Å². The minimum absolute atomic E-state index is 0.0614. The maximum atomic E-state index is 11.9. The van der Waals surface area contributed by atoms with Gasteiger partial charge in [0, 0.05) is 18.3 Å². The van der Waals surface area contributed by atoms with Gasteiger partial charge >= 0.3 is 0 Å². The van der Waals surface area contributed by atoms with Gasteiger partial charge in [0.15, 0.2) is 0 Å². The van der Waals surface area contributed by atoms with Crippen LogP contribution >= 0.6 is 56.8 Å². The number of para-hydroxylation sites is 4. The van der Waals surface area contributed by atoms with Gasteiger partial charge in [-0.1, -0.05) is 24.3 Å². The van der Waals surface area contributed by atoms with Crippen molar-refractivity contribution < 1.29 is 19.8 Å². The third-order valence-electron chi connectivity index (χ3n) is 4.27. The van der Waals surface area contributed by atoms with Crippen LogP contribution in [0.3, 0.4) is 0 Å². The Hall–Kier alpha value is -2.83. The zero-order chi connectivity index (χ0) is 25.8. The van der Waals surface area contributed by atoms with E-state index in [1.165, 1.54) is 6.07 Å². The molecule has 0 aliphatic carbocycles. The van der Waals surface area contributed by atoms with Crippen molar-refractivity contribution in [2.75, 3.05) is 11.1 Å². The number of halogens is 3. The average molecular weight is 715 g/mol. The number of phenolic OH excluding ortho intramolecular Hbond substituents is 2. The molecule has 1 amide bonds. The molecule has 0 fully saturated rings. The Labute approximate surface area is 235 Å². The molecule has 4 aromatic rings. The predicted molar refractivity (Wildman–Crippen MR) is 157 cm³/mol. The number of benzene rings is 4. The summed E-state index contributed by atoms with van der Waals surface area (Å²) in [5, 5.41) is 20.6. The molecular weight excluding hydrogens is 694 g/mol. The Morgan fingerprint density at radius 3 is 1.57 bits per heavy atom. The van der Waals surface area contributed by atoms with Crippen molar-refractivity contribution in [1.29, 1.82) is 0 Å². The van der Waals surface area contributed by atoms with Crippen molar-refractivity contribution in [1.82, 2.24) is 0 Å². The van der Waals surface area contributed by atoms with Crippen LogP contribution in [-0.2, 0) is 0 Å². The Morgan fingerprint density at radius 2 is 1.14 bits per heavy atom. The number of hydrogen-bond donors (Lipinski definition) is 4. The lowest BCUT2D eigenvalue weighted by Gasteiger charge is -2.06. The fraction of sp³-hybridized carbons (Fsp3) is 0. The van der Waals surface area contributed by atoms with Crippen molar-refractivity contribution in [3.05, 3.63) is 115 Å². The van der Waals surface area contributed by atoms with E-state index in [0.29, 0.717) is 22.5 Å². The van der Waals surface area contributed by atoms with Gasteiger partial charge in [-0.3, -0.25) is 9.59 Å². The highest BCUT2D eigenvalue weighted by Crippen LogP contribution is 2.22. The monoisotopic (exact) mass is 714 g/mol. The molecule has 0 heterocycles. The first-order chi connectivity index (χ1) is 16.7. The standard InChI is InChI=1S/C13H10INO2.C7H4ClIO.C6H7NO/c14-10-7-5-9(6-8-10)13(17)15-11-3-1-2-4-12(11)16;8-7(10)5-1-3-6(9)4-2-5;7-5-3-1-2-4-6(5)8/h1-8,16H,(H,15,17);1-4H;1-4,8H,7H2. The van der Waals surface area contributed by atoms with Crippen LogP contribution in [0, 0.1) is 7.14 Å². The zero-order valence-electron chi connectivity index (χ0n) is 18.2. The predicted octanol–water partition coefficient (Wildman–Crippen LogP) is 6.89. The Balaban J connectivity index is 0.000000204. The Kier molecular flexibility index (Phi) is 11.8. The minimum Gasteiger partial charge on any atom is -0.506 e. The Morgan fingerprint density at radius 1 is 0.686 bits per heavy atom. The number of carbonyl (C=O) groups excluding carboxylic acids is 2. The molecule has 0 aromatic heterocycles. The summed E-state index contributed by atoms with van der Waals surface area (Å²) >= 11 is 9.56. The number of phenols is 2. The molecule has 0 saturated heterocycles. The second-order valence-corrected chi connectivity index (χ2v) is 9.65. The molecule has 180 valence electrons. The molecule has 4 aromatic carbocycles. The fourth-order valence-electron chi connectivity index (χ4n) is 2.44. The van der Waals surface area contributed by atoms with Crippen molar-refractivity contribution in [2.45, 2.75) is 0 Å². The van der Waals surface area contributed by atoms with Gasteiger partial charge in [0.25, 0.3) is 11.1 Å². The van der Waals surface area contributed by atoms with Crippen LogP contribution in [0.5, 0.6) is 11.5 Å². The fourth-order valence-corrected chi connectivity index (χ4v) is 3.29. The third-order valence-corrected chi connectivity index (χ3v) is 5.92. The summed E-state index contributed by atoms with van der Waals surface area (Å²) in [7, 11) is 0. The first kappa shape index (κ1) is 28.4. The molecule has 0 spiro atoms. The first-order valence-electron chi connectivity index (χ1n) is 10.0. The molecule has 9 heteroatoms. The van der Waals surface area contributed by atoms with Crippen LogP contribution in [0.4, 0.5) is 11.4 Å². The van der Waals surface area contributed by atoms with E-state index >= 15 is 0 Å². The number of aromatic hydroxyl groups is 2. The molecule has 0 radical (unpaired) electrons. The summed E-state index contributed by atoms with van der Waals surface area (Å²) in [5.41, 5.74) is 7.21. The number of nitrogens with two attached hydrogens (primary N) is 1. The highest BCUT2D eigenvalue weighted by Gasteiger charge is 2.07. The molecular formula is C26H21ClI2N2O4. The second-order valence-electron chi connectivity index (χ2n) is 6.82. The smallest absolute Gasteiger partial charge is 0.255 e. The number of carbonyl (C=O) groups is 2. The van der Waals surface area contributed by atoms with Gasteiger partial charge < -0.3 is 21.3 Å². The van der Waals surface area contributed by atoms with Crippen molar-refractivity contribution in [3.63, 3.8) is 0 Å². The minimum atomic E-state index is -0.406. The number of anilines is 2. The van der Waals surface area contributed by atoms with Crippen LogP contribution in [0.25, 0.3) is 0 Å². The van der Waals surface area contributed by atoms with Crippen molar-refractivity contribution in [2.24, 2.45) is 0 Å². The molecule has 0 aliphatic rings. The molecule has 4 rings (SSSR count). The van der Waals surface area contributed by atoms with Crippen LogP contribution in [0.2, 0.25) is 0 Å². The third kappa shape index (κ3) is 10.1. The quantitative estimate of drug-likeness (QED) is 0.0800. The SMILES string of the molecule is Nc1ccccc1O.O=C(Cl)c1ccc(I)cc1.O=C(Nc1ccccc1O)c1ccc(I)cc1. The number of rotatable bonds is 3. The van der Waals surface area contributed by atoms with E-state index in [1.54, 1.807) is 66.7 Å². The lowest BCUT2D eigenvalue weighted by Crippen LogP contribution is -2.11. The summed E-state index contributed by atoms with van der Waals surface area (Å²) in [6.45, 7) is 0. The number of amides is 1. The van der Waals surface area contributed by atoms with E-state index in [-0.39, 0.29) is 17.4 Å². The largest absolute Gasteiger partial charge is 0.506 e. The van der Waals surface area contributed by atoms with E-state index < -0.39 is 5.24 Å². The second kappa shape index (κ2) is 14.5. The normalized spacial score (nSPS) is 9.57.